The molecule has 1 saturated heterocycles. The van der Waals surface area contributed by atoms with Crippen LogP contribution in [-0.2, 0) is 4.74 Å². The molecule has 0 bridgehead atoms. The third-order valence-corrected chi connectivity index (χ3v) is 4.46. The Hall–Kier alpha value is -2.58. The minimum atomic E-state index is 0.124. The van der Waals surface area contributed by atoms with Gasteiger partial charge in [0.15, 0.2) is 17.2 Å². The molecule has 136 valence electrons. The second kappa shape index (κ2) is 7.35. The number of nitrogens with zero attached hydrogens (tertiary/aromatic N) is 5. The predicted octanol–water partition coefficient (Wildman–Crippen LogP) is 2.12. The van der Waals surface area contributed by atoms with Gasteiger partial charge < -0.3 is 14.5 Å². The highest BCUT2D eigenvalue weighted by Crippen LogP contribution is 2.24. The number of oxazole rings is 1. The number of fused-ring (bicyclic) bond motifs is 1. The third-order valence-electron chi connectivity index (χ3n) is 4.46. The molecule has 8 heteroatoms. The maximum atomic E-state index is 5.56. The van der Waals surface area contributed by atoms with E-state index in [1.807, 2.05) is 32.2 Å². The third kappa shape index (κ3) is 3.51. The summed E-state index contributed by atoms with van der Waals surface area (Å²) in [6.07, 6.45) is 1.83. The fourth-order valence-electron chi connectivity index (χ4n) is 3.23. The molecule has 1 unspecified atom stereocenters. The standard InChI is InChI=1S/C18H22N6O2/c1-12-21-17(16-18(22-12)26-13(2)23-16)20-11-15(14-5-3-4-6-19-14)24-7-9-25-10-8-24/h3-6,15H,7-11H2,1-2H3,(H,20,21,22). The van der Waals surface area contributed by atoms with E-state index >= 15 is 0 Å². The Morgan fingerprint density at radius 3 is 2.77 bits per heavy atom. The van der Waals surface area contributed by atoms with E-state index in [0.29, 0.717) is 35.3 Å². The summed E-state index contributed by atoms with van der Waals surface area (Å²) in [7, 11) is 0. The molecule has 0 radical (unpaired) electrons. The van der Waals surface area contributed by atoms with Gasteiger partial charge in [0.2, 0.25) is 0 Å². The quantitative estimate of drug-likeness (QED) is 0.745. The monoisotopic (exact) mass is 354 g/mol. The van der Waals surface area contributed by atoms with E-state index in [1.165, 1.54) is 0 Å². The molecule has 1 aliphatic heterocycles. The first kappa shape index (κ1) is 16.9. The van der Waals surface area contributed by atoms with Crippen molar-refractivity contribution in [3.8, 4) is 0 Å². The van der Waals surface area contributed by atoms with Crippen LogP contribution in [0.3, 0.4) is 0 Å². The van der Waals surface area contributed by atoms with Crippen LogP contribution >= 0.6 is 0 Å². The molecular weight excluding hydrogens is 332 g/mol. The van der Waals surface area contributed by atoms with Crippen molar-refractivity contribution in [3.05, 3.63) is 41.8 Å². The van der Waals surface area contributed by atoms with Gasteiger partial charge in [-0.3, -0.25) is 9.88 Å². The van der Waals surface area contributed by atoms with Crippen molar-refractivity contribution in [2.75, 3.05) is 38.2 Å². The molecule has 0 aliphatic carbocycles. The maximum absolute atomic E-state index is 5.56. The minimum absolute atomic E-state index is 0.124. The Labute approximate surface area is 151 Å². The molecule has 4 rings (SSSR count). The van der Waals surface area contributed by atoms with Crippen molar-refractivity contribution in [2.24, 2.45) is 0 Å². The molecule has 4 heterocycles. The number of aromatic nitrogens is 4. The topological polar surface area (TPSA) is 89.2 Å². The van der Waals surface area contributed by atoms with Gasteiger partial charge in [-0.2, -0.15) is 4.98 Å². The molecule has 8 nitrogen and oxygen atoms in total. The summed E-state index contributed by atoms with van der Waals surface area (Å²) < 4.78 is 11.1. The SMILES string of the molecule is Cc1nc(NCC(c2ccccn2)N2CCOCC2)c2nc(C)oc2n1. The molecular formula is C18H22N6O2. The summed E-state index contributed by atoms with van der Waals surface area (Å²) >= 11 is 0. The number of hydrogen-bond donors (Lipinski definition) is 1. The molecule has 0 spiro atoms. The minimum Gasteiger partial charge on any atom is -0.422 e. The molecule has 26 heavy (non-hydrogen) atoms. The lowest BCUT2D eigenvalue weighted by atomic mass is 10.1. The van der Waals surface area contributed by atoms with Crippen molar-refractivity contribution < 1.29 is 9.15 Å². The van der Waals surface area contributed by atoms with Crippen LogP contribution in [0.5, 0.6) is 0 Å². The van der Waals surface area contributed by atoms with Crippen molar-refractivity contribution in [1.82, 2.24) is 24.8 Å². The number of pyridine rings is 1. The molecule has 1 atom stereocenters. The van der Waals surface area contributed by atoms with Gasteiger partial charge in [0.05, 0.1) is 24.9 Å². The van der Waals surface area contributed by atoms with E-state index in [1.54, 1.807) is 0 Å². The lowest BCUT2D eigenvalue weighted by molar-refractivity contribution is 0.0179. The van der Waals surface area contributed by atoms with Crippen molar-refractivity contribution in [1.29, 1.82) is 0 Å². The van der Waals surface area contributed by atoms with Crippen LogP contribution in [0.4, 0.5) is 5.82 Å². The lowest BCUT2D eigenvalue weighted by Crippen LogP contribution is -2.42. The molecule has 0 aromatic carbocycles. The number of aryl methyl sites for hydroxylation is 2. The number of ether oxygens (including phenoxy) is 1. The van der Waals surface area contributed by atoms with Gasteiger partial charge in [-0.05, 0) is 19.1 Å². The van der Waals surface area contributed by atoms with Gasteiger partial charge in [0, 0.05) is 32.8 Å². The van der Waals surface area contributed by atoms with Gasteiger partial charge in [-0.25, -0.2) is 9.97 Å². The largest absolute Gasteiger partial charge is 0.422 e. The Kier molecular flexibility index (Phi) is 4.77. The van der Waals surface area contributed by atoms with Gasteiger partial charge in [-0.15, -0.1) is 0 Å². The molecule has 3 aromatic rings. The summed E-state index contributed by atoms with van der Waals surface area (Å²) in [5.74, 6) is 1.92. The van der Waals surface area contributed by atoms with Gasteiger partial charge in [0.25, 0.3) is 5.71 Å². The van der Waals surface area contributed by atoms with E-state index in [2.05, 4.69) is 36.2 Å². The number of anilines is 1. The van der Waals surface area contributed by atoms with E-state index in [0.717, 1.165) is 32.0 Å². The van der Waals surface area contributed by atoms with Crippen LogP contribution in [0.15, 0.2) is 28.8 Å². The highest BCUT2D eigenvalue weighted by atomic mass is 16.5. The van der Waals surface area contributed by atoms with Crippen LogP contribution in [0.25, 0.3) is 11.2 Å². The number of nitrogens with one attached hydrogen (secondary N) is 1. The predicted molar refractivity (Wildman–Crippen MR) is 96.9 cm³/mol. The first-order valence-corrected chi connectivity index (χ1v) is 8.79. The molecule has 1 N–H and O–H groups in total. The van der Waals surface area contributed by atoms with E-state index in [9.17, 15) is 0 Å². The van der Waals surface area contributed by atoms with Crippen LogP contribution in [0.2, 0.25) is 0 Å². The van der Waals surface area contributed by atoms with Crippen molar-refractivity contribution >= 4 is 17.0 Å². The summed E-state index contributed by atoms with van der Waals surface area (Å²) in [5, 5.41) is 3.44. The zero-order valence-electron chi connectivity index (χ0n) is 15.0. The Bertz CT molecular complexity index is 876. The lowest BCUT2D eigenvalue weighted by Gasteiger charge is -2.34. The van der Waals surface area contributed by atoms with E-state index in [4.69, 9.17) is 9.15 Å². The average molecular weight is 354 g/mol. The van der Waals surface area contributed by atoms with E-state index in [-0.39, 0.29) is 6.04 Å². The normalized spacial score (nSPS) is 16.7. The first-order valence-electron chi connectivity index (χ1n) is 8.79. The van der Waals surface area contributed by atoms with Crippen LogP contribution in [0, 0.1) is 13.8 Å². The molecule has 0 amide bonds. The Morgan fingerprint density at radius 2 is 2.00 bits per heavy atom. The van der Waals surface area contributed by atoms with Crippen molar-refractivity contribution in [3.63, 3.8) is 0 Å². The molecule has 1 fully saturated rings. The number of morpholine rings is 1. The molecule has 0 saturated carbocycles. The van der Waals surface area contributed by atoms with E-state index < -0.39 is 0 Å². The van der Waals surface area contributed by atoms with Gasteiger partial charge in [-0.1, -0.05) is 6.07 Å². The van der Waals surface area contributed by atoms with Crippen LogP contribution in [-0.4, -0.2) is 57.7 Å². The number of rotatable bonds is 5. The average Bonchev–Trinajstić information content (AvgIpc) is 3.03. The zero-order chi connectivity index (χ0) is 17.9. The zero-order valence-corrected chi connectivity index (χ0v) is 15.0. The van der Waals surface area contributed by atoms with Crippen molar-refractivity contribution in [2.45, 2.75) is 19.9 Å². The summed E-state index contributed by atoms with van der Waals surface area (Å²) in [4.78, 5) is 20.2. The first-order chi connectivity index (χ1) is 12.7. The van der Waals surface area contributed by atoms with Crippen LogP contribution in [0.1, 0.15) is 23.5 Å². The summed E-state index contributed by atoms with van der Waals surface area (Å²) in [5.41, 5.74) is 2.20. The second-order valence-corrected chi connectivity index (χ2v) is 6.31. The second-order valence-electron chi connectivity index (χ2n) is 6.31. The summed E-state index contributed by atoms with van der Waals surface area (Å²) in [6, 6.07) is 6.13. The maximum Gasteiger partial charge on any atom is 0.252 e. The number of hydrogen-bond acceptors (Lipinski definition) is 8. The van der Waals surface area contributed by atoms with Gasteiger partial charge in [0.1, 0.15) is 5.82 Å². The fourth-order valence-corrected chi connectivity index (χ4v) is 3.23. The van der Waals surface area contributed by atoms with Gasteiger partial charge >= 0.3 is 0 Å². The Morgan fingerprint density at radius 1 is 1.15 bits per heavy atom. The Balaban J connectivity index is 1.60. The molecule has 3 aromatic heterocycles. The molecule has 1 aliphatic rings. The smallest absolute Gasteiger partial charge is 0.252 e. The summed E-state index contributed by atoms with van der Waals surface area (Å²) in [6.45, 7) is 7.56. The van der Waals surface area contributed by atoms with Crippen LogP contribution < -0.4 is 5.32 Å². The highest BCUT2D eigenvalue weighted by Gasteiger charge is 2.24. The highest BCUT2D eigenvalue weighted by molar-refractivity contribution is 5.81. The fraction of sp³-hybridized carbons (Fsp3) is 0.444.